The highest BCUT2D eigenvalue weighted by Gasteiger charge is 2.06. The molecular formula is C11H18N2O2. The first kappa shape index (κ1) is 11.8. The van der Waals surface area contributed by atoms with Gasteiger partial charge in [-0.15, -0.1) is 0 Å². The molecule has 0 aromatic carbocycles. The minimum absolute atomic E-state index is 0.0624. The molecule has 0 radical (unpaired) electrons. The molecule has 1 amide bonds. The number of aliphatic hydroxyl groups is 1. The van der Waals surface area contributed by atoms with Gasteiger partial charge in [0, 0.05) is 18.4 Å². The van der Waals surface area contributed by atoms with Crippen molar-refractivity contribution in [3.05, 3.63) is 24.0 Å². The molecule has 4 heteroatoms. The van der Waals surface area contributed by atoms with Crippen molar-refractivity contribution in [1.82, 2.24) is 10.3 Å². The van der Waals surface area contributed by atoms with Gasteiger partial charge in [0.1, 0.15) is 0 Å². The molecule has 1 rings (SSSR count). The number of hydrogen-bond acceptors (Lipinski definition) is 2. The van der Waals surface area contributed by atoms with Crippen LogP contribution in [0.4, 0.5) is 0 Å². The number of aromatic nitrogens is 1. The highest BCUT2D eigenvalue weighted by Crippen LogP contribution is 1.97. The fourth-order valence-electron chi connectivity index (χ4n) is 1.38. The van der Waals surface area contributed by atoms with Crippen LogP contribution in [-0.4, -0.2) is 28.6 Å². The summed E-state index contributed by atoms with van der Waals surface area (Å²) in [5.74, 6) is -0.0624. The molecular weight excluding hydrogens is 192 g/mol. The molecule has 0 bridgehead atoms. The number of carbonyl (C=O) groups excluding carboxylic acids is 1. The molecule has 15 heavy (non-hydrogen) atoms. The Labute approximate surface area is 89.7 Å². The SMILES string of the molecule is CCCC(O)CNC(=O)Cc1ccc[nH]1. The molecule has 4 nitrogen and oxygen atoms in total. The average molecular weight is 210 g/mol. The standard InChI is InChI=1S/C11H18N2O2/c1-2-4-10(14)8-13-11(15)7-9-5-3-6-12-9/h3,5-6,10,12,14H,2,4,7-8H2,1H3,(H,13,15). The summed E-state index contributed by atoms with van der Waals surface area (Å²) >= 11 is 0. The van der Waals surface area contributed by atoms with E-state index in [4.69, 9.17) is 0 Å². The van der Waals surface area contributed by atoms with E-state index in [-0.39, 0.29) is 5.91 Å². The zero-order chi connectivity index (χ0) is 11.1. The number of amides is 1. The van der Waals surface area contributed by atoms with E-state index in [0.29, 0.717) is 13.0 Å². The lowest BCUT2D eigenvalue weighted by atomic mass is 10.2. The zero-order valence-electron chi connectivity index (χ0n) is 8.99. The molecule has 1 heterocycles. The van der Waals surface area contributed by atoms with Gasteiger partial charge in [-0.3, -0.25) is 4.79 Å². The van der Waals surface area contributed by atoms with E-state index in [2.05, 4.69) is 10.3 Å². The summed E-state index contributed by atoms with van der Waals surface area (Å²) in [4.78, 5) is 14.3. The summed E-state index contributed by atoms with van der Waals surface area (Å²) < 4.78 is 0. The van der Waals surface area contributed by atoms with Gasteiger partial charge in [0.2, 0.25) is 5.91 Å². The smallest absolute Gasteiger partial charge is 0.226 e. The summed E-state index contributed by atoms with van der Waals surface area (Å²) in [5.41, 5.74) is 0.887. The van der Waals surface area contributed by atoms with E-state index in [9.17, 15) is 9.90 Å². The van der Waals surface area contributed by atoms with Crippen LogP contribution in [0.25, 0.3) is 0 Å². The van der Waals surface area contributed by atoms with Crippen molar-refractivity contribution in [1.29, 1.82) is 0 Å². The second-order valence-corrected chi connectivity index (χ2v) is 3.62. The van der Waals surface area contributed by atoms with E-state index < -0.39 is 6.10 Å². The van der Waals surface area contributed by atoms with Crippen molar-refractivity contribution >= 4 is 5.91 Å². The average Bonchev–Trinajstić information content (AvgIpc) is 2.68. The van der Waals surface area contributed by atoms with Gasteiger partial charge in [0.05, 0.1) is 12.5 Å². The quantitative estimate of drug-likeness (QED) is 0.651. The van der Waals surface area contributed by atoms with Crippen molar-refractivity contribution < 1.29 is 9.90 Å². The number of nitrogens with one attached hydrogen (secondary N) is 2. The second kappa shape index (κ2) is 6.24. The van der Waals surface area contributed by atoms with Gasteiger partial charge in [0.25, 0.3) is 0 Å². The maximum absolute atomic E-state index is 11.4. The Kier molecular flexibility index (Phi) is 4.90. The number of rotatable bonds is 6. The van der Waals surface area contributed by atoms with E-state index in [1.54, 1.807) is 6.20 Å². The maximum Gasteiger partial charge on any atom is 0.226 e. The number of hydrogen-bond donors (Lipinski definition) is 3. The van der Waals surface area contributed by atoms with Gasteiger partial charge >= 0.3 is 0 Å². The third-order valence-electron chi connectivity index (χ3n) is 2.17. The summed E-state index contributed by atoms with van der Waals surface area (Å²) in [6.45, 7) is 2.34. The first-order valence-electron chi connectivity index (χ1n) is 5.29. The van der Waals surface area contributed by atoms with Gasteiger partial charge in [-0.05, 0) is 18.6 Å². The van der Waals surface area contributed by atoms with Crippen molar-refractivity contribution in [2.24, 2.45) is 0 Å². The fraction of sp³-hybridized carbons (Fsp3) is 0.545. The minimum atomic E-state index is -0.428. The van der Waals surface area contributed by atoms with Gasteiger partial charge < -0.3 is 15.4 Å². The minimum Gasteiger partial charge on any atom is -0.391 e. The topological polar surface area (TPSA) is 65.1 Å². The molecule has 0 aliphatic carbocycles. The highest BCUT2D eigenvalue weighted by molar-refractivity contribution is 5.78. The Morgan fingerprint density at radius 1 is 1.67 bits per heavy atom. The Bertz CT molecular complexity index is 283. The summed E-state index contributed by atoms with van der Waals surface area (Å²) in [6.07, 6.45) is 3.35. The van der Waals surface area contributed by atoms with E-state index in [1.165, 1.54) is 0 Å². The normalized spacial score (nSPS) is 12.4. The van der Waals surface area contributed by atoms with E-state index in [1.807, 2.05) is 19.1 Å². The predicted molar refractivity (Wildman–Crippen MR) is 58.4 cm³/mol. The molecule has 0 aliphatic heterocycles. The van der Waals surface area contributed by atoms with Gasteiger partial charge in [-0.25, -0.2) is 0 Å². The van der Waals surface area contributed by atoms with Crippen LogP contribution < -0.4 is 5.32 Å². The lowest BCUT2D eigenvalue weighted by Crippen LogP contribution is -2.33. The molecule has 0 saturated carbocycles. The van der Waals surface area contributed by atoms with Crippen LogP contribution in [0.1, 0.15) is 25.5 Å². The fourth-order valence-corrected chi connectivity index (χ4v) is 1.38. The van der Waals surface area contributed by atoms with Crippen molar-refractivity contribution in [3.8, 4) is 0 Å². The number of aromatic amines is 1. The highest BCUT2D eigenvalue weighted by atomic mass is 16.3. The number of H-pyrrole nitrogens is 1. The predicted octanol–water partition coefficient (Wildman–Crippen LogP) is 0.834. The first-order chi connectivity index (χ1) is 7.22. The molecule has 0 spiro atoms. The largest absolute Gasteiger partial charge is 0.391 e. The first-order valence-corrected chi connectivity index (χ1v) is 5.29. The Morgan fingerprint density at radius 3 is 3.07 bits per heavy atom. The molecule has 84 valence electrons. The number of carbonyl (C=O) groups is 1. The molecule has 0 fully saturated rings. The van der Waals surface area contributed by atoms with Crippen LogP contribution in [0.3, 0.4) is 0 Å². The van der Waals surface area contributed by atoms with E-state index in [0.717, 1.165) is 18.5 Å². The van der Waals surface area contributed by atoms with Crippen LogP contribution in [0.5, 0.6) is 0 Å². The van der Waals surface area contributed by atoms with Gasteiger partial charge in [0.15, 0.2) is 0 Å². The van der Waals surface area contributed by atoms with Crippen LogP contribution >= 0.6 is 0 Å². The lowest BCUT2D eigenvalue weighted by molar-refractivity contribution is -0.120. The summed E-state index contributed by atoms with van der Waals surface area (Å²) in [5, 5.41) is 12.1. The van der Waals surface area contributed by atoms with Gasteiger partial charge in [-0.2, -0.15) is 0 Å². The Morgan fingerprint density at radius 2 is 2.47 bits per heavy atom. The monoisotopic (exact) mass is 210 g/mol. The van der Waals surface area contributed by atoms with Crippen molar-refractivity contribution in [2.45, 2.75) is 32.3 Å². The van der Waals surface area contributed by atoms with E-state index >= 15 is 0 Å². The zero-order valence-corrected chi connectivity index (χ0v) is 8.99. The molecule has 3 N–H and O–H groups in total. The number of aliphatic hydroxyl groups excluding tert-OH is 1. The Hall–Kier alpha value is -1.29. The van der Waals surface area contributed by atoms with Gasteiger partial charge in [-0.1, -0.05) is 13.3 Å². The third kappa shape index (κ3) is 4.65. The Balaban J connectivity index is 2.19. The molecule has 0 aliphatic rings. The molecule has 0 saturated heterocycles. The van der Waals surface area contributed by atoms with Crippen molar-refractivity contribution in [3.63, 3.8) is 0 Å². The molecule has 1 unspecified atom stereocenters. The van der Waals surface area contributed by atoms with Crippen LogP contribution in [0, 0.1) is 0 Å². The molecule has 1 aromatic rings. The van der Waals surface area contributed by atoms with Crippen LogP contribution in [0.2, 0.25) is 0 Å². The maximum atomic E-state index is 11.4. The summed E-state index contributed by atoms with van der Waals surface area (Å²) in [7, 11) is 0. The molecule has 1 atom stereocenters. The summed E-state index contributed by atoms with van der Waals surface area (Å²) in [6, 6.07) is 3.72. The second-order valence-electron chi connectivity index (χ2n) is 3.62. The van der Waals surface area contributed by atoms with Crippen molar-refractivity contribution in [2.75, 3.05) is 6.54 Å². The third-order valence-corrected chi connectivity index (χ3v) is 2.17. The van der Waals surface area contributed by atoms with Crippen LogP contribution in [0.15, 0.2) is 18.3 Å². The molecule has 1 aromatic heterocycles. The van der Waals surface area contributed by atoms with Crippen LogP contribution in [-0.2, 0) is 11.2 Å². The lowest BCUT2D eigenvalue weighted by Gasteiger charge is -2.10.